The highest BCUT2D eigenvalue weighted by molar-refractivity contribution is 5.35. The first-order valence-corrected chi connectivity index (χ1v) is 12.1. The van der Waals surface area contributed by atoms with Crippen molar-refractivity contribution >= 4 is 0 Å². The van der Waals surface area contributed by atoms with Crippen LogP contribution in [0.3, 0.4) is 0 Å². The maximum absolute atomic E-state index is 5.35. The number of aromatic nitrogens is 1. The van der Waals surface area contributed by atoms with Crippen molar-refractivity contribution in [2.24, 2.45) is 11.8 Å². The van der Waals surface area contributed by atoms with Crippen LogP contribution in [-0.2, 0) is 0 Å². The molecule has 0 radical (unpaired) electrons. The first-order chi connectivity index (χ1) is 15.5. The lowest BCUT2D eigenvalue weighted by Crippen LogP contribution is -2.21. The number of hydrogen-bond donors (Lipinski definition) is 0. The van der Waals surface area contributed by atoms with Crippen LogP contribution in [0.1, 0.15) is 62.3 Å². The summed E-state index contributed by atoms with van der Waals surface area (Å²) in [5, 5.41) is 0. The summed E-state index contributed by atoms with van der Waals surface area (Å²) in [6.07, 6.45) is 0. The summed E-state index contributed by atoms with van der Waals surface area (Å²) in [5.74, 6) is 1.32. The molecule has 3 heteroatoms. The highest BCUT2D eigenvalue weighted by Gasteiger charge is 2.45. The molecule has 2 aromatic carbocycles. The van der Waals surface area contributed by atoms with Gasteiger partial charge in [0.1, 0.15) is 0 Å². The van der Waals surface area contributed by atoms with Gasteiger partial charge in [-0.2, -0.15) is 0 Å². The minimum atomic E-state index is 0.218. The van der Waals surface area contributed by atoms with Crippen LogP contribution in [-0.4, -0.2) is 40.0 Å². The molecule has 2 saturated heterocycles. The van der Waals surface area contributed by atoms with Crippen molar-refractivity contribution in [2.45, 2.75) is 51.9 Å². The summed E-state index contributed by atoms with van der Waals surface area (Å²) in [7, 11) is 0. The van der Waals surface area contributed by atoms with Crippen LogP contribution in [0.4, 0.5) is 0 Å². The maximum Gasteiger partial charge on any atom is 0.0780 e. The first kappa shape index (κ1) is 21.4. The van der Waals surface area contributed by atoms with Crippen LogP contribution in [0.25, 0.3) is 0 Å². The Balaban J connectivity index is 1.53. The highest BCUT2D eigenvalue weighted by atomic mass is 15.3. The van der Waals surface area contributed by atoms with E-state index >= 15 is 0 Å². The second kappa shape index (κ2) is 8.80. The zero-order valence-corrected chi connectivity index (χ0v) is 19.7. The standard InChI is InChI=1S/C29H35N3/c1-20(2)26-18-31(26)28(22-12-7-5-8-13-22)24-16-11-17-25(30-24)29(23-14-9-6-10-15-23)32-19-27(32)21(3)4/h5-17,20-21,26-29H,18-19H2,1-4H3/t26-,27-,28+,29+,31?,32?/m1/s1. The van der Waals surface area contributed by atoms with E-state index in [-0.39, 0.29) is 12.1 Å². The molecule has 5 rings (SSSR count). The molecule has 0 aliphatic carbocycles. The molecule has 166 valence electrons. The monoisotopic (exact) mass is 425 g/mol. The normalized spacial score (nSPS) is 26.2. The summed E-state index contributed by atoms with van der Waals surface area (Å²) in [6.45, 7) is 11.6. The van der Waals surface area contributed by atoms with E-state index in [1.54, 1.807) is 0 Å². The van der Waals surface area contributed by atoms with Crippen molar-refractivity contribution in [3.05, 3.63) is 101 Å². The molecule has 1 aromatic heterocycles. The van der Waals surface area contributed by atoms with Gasteiger partial charge >= 0.3 is 0 Å². The Morgan fingerprint density at radius 3 is 1.34 bits per heavy atom. The number of benzene rings is 2. The van der Waals surface area contributed by atoms with Crippen molar-refractivity contribution in [1.82, 2.24) is 14.8 Å². The van der Waals surface area contributed by atoms with Crippen LogP contribution in [0.15, 0.2) is 78.9 Å². The Hall–Kier alpha value is -2.49. The topological polar surface area (TPSA) is 18.9 Å². The number of nitrogens with zero attached hydrogens (tertiary/aromatic N) is 3. The third kappa shape index (κ3) is 4.24. The Labute approximate surface area is 193 Å². The van der Waals surface area contributed by atoms with Crippen LogP contribution in [0.5, 0.6) is 0 Å². The van der Waals surface area contributed by atoms with Gasteiger partial charge in [0.15, 0.2) is 0 Å². The van der Waals surface area contributed by atoms with Gasteiger partial charge in [-0.1, -0.05) is 94.4 Å². The van der Waals surface area contributed by atoms with E-state index in [1.807, 2.05) is 0 Å². The largest absolute Gasteiger partial charge is 0.285 e. The Bertz CT molecular complexity index is 950. The Kier molecular flexibility index (Phi) is 5.88. The molecule has 0 N–H and O–H groups in total. The second-order valence-electron chi connectivity index (χ2n) is 10.1. The Morgan fingerprint density at radius 2 is 1.00 bits per heavy atom. The van der Waals surface area contributed by atoms with Crippen LogP contribution >= 0.6 is 0 Å². The van der Waals surface area contributed by atoms with Crippen LogP contribution < -0.4 is 0 Å². The smallest absolute Gasteiger partial charge is 0.0780 e. The zero-order valence-electron chi connectivity index (χ0n) is 19.7. The van der Waals surface area contributed by atoms with E-state index in [2.05, 4.69) is 116 Å². The molecule has 32 heavy (non-hydrogen) atoms. The molecule has 2 aliphatic rings. The van der Waals surface area contributed by atoms with E-state index in [9.17, 15) is 0 Å². The fourth-order valence-corrected chi connectivity index (χ4v) is 5.23. The molecule has 3 aromatic rings. The van der Waals surface area contributed by atoms with Crippen molar-refractivity contribution in [2.75, 3.05) is 13.1 Å². The predicted octanol–water partition coefficient (Wildman–Crippen LogP) is 5.94. The molecule has 3 nitrogen and oxygen atoms in total. The first-order valence-electron chi connectivity index (χ1n) is 12.1. The van der Waals surface area contributed by atoms with E-state index in [4.69, 9.17) is 4.98 Å². The summed E-state index contributed by atoms with van der Waals surface area (Å²) < 4.78 is 0. The summed E-state index contributed by atoms with van der Waals surface area (Å²) in [6, 6.07) is 30.2. The second-order valence-corrected chi connectivity index (χ2v) is 10.1. The fraction of sp³-hybridized carbons (Fsp3) is 0.414. The van der Waals surface area contributed by atoms with Gasteiger partial charge in [0.05, 0.1) is 23.5 Å². The highest BCUT2D eigenvalue weighted by Crippen LogP contribution is 2.42. The Morgan fingerprint density at radius 1 is 0.594 bits per heavy atom. The van der Waals surface area contributed by atoms with E-state index in [1.165, 1.54) is 22.5 Å². The molecule has 0 spiro atoms. The third-order valence-electron chi connectivity index (χ3n) is 7.17. The van der Waals surface area contributed by atoms with Gasteiger partial charge in [-0.3, -0.25) is 14.8 Å². The lowest BCUT2D eigenvalue weighted by atomic mass is 9.99. The molecule has 6 atom stereocenters. The van der Waals surface area contributed by atoms with Crippen LogP contribution in [0.2, 0.25) is 0 Å². The number of pyridine rings is 1. The van der Waals surface area contributed by atoms with Gasteiger partial charge in [0, 0.05) is 25.2 Å². The van der Waals surface area contributed by atoms with Crippen molar-refractivity contribution in [3.8, 4) is 0 Å². The maximum atomic E-state index is 5.35. The van der Waals surface area contributed by atoms with Crippen molar-refractivity contribution < 1.29 is 0 Å². The van der Waals surface area contributed by atoms with E-state index in [0.717, 1.165) is 13.1 Å². The zero-order chi connectivity index (χ0) is 22.2. The molecule has 0 bridgehead atoms. The lowest BCUT2D eigenvalue weighted by Gasteiger charge is -2.24. The molecule has 0 saturated carbocycles. The molecular weight excluding hydrogens is 390 g/mol. The summed E-state index contributed by atoms with van der Waals surface area (Å²) in [4.78, 5) is 10.6. The van der Waals surface area contributed by atoms with Gasteiger partial charge in [-0.15, -0.1) is 0 Å². The lowest BCUT2D eigenvalue weighted by molar-refractivity contribution is 0.371. The van der Waals surface area contributed by atoms with Gasteiger partial charge in [0.2, 0.25) is 0 Å². The third-order valence-corrected chi connectivity index (χ3v) is 7.17. The fourth-order valence-electron chi connectivity index (χ4n) is 5.23. The molecular formula is C29H35N3. The number of hydrogen-bond acceptors (Lipinski definition) is 3. The number of rotatable bonds is 8. The molecule has 2 aliphatic heterocycles. The van der Waals surface area contributed by atoms with Gasteiger partial charge in [0.25, 0.3) is 0 Å². The summed E-state index contributed by atoms with van der Waals surface area (Å²) in [5.41, 5.74) is 5.01. The van der Waals surface area contributed by atoms with E-state index in [0.29, 0.717) is 23.9 Å². The van der Waals surface area contributed by atoms with Gasteiger partial charge in [-0.25, -0.2) is 0 Å². The van der Waals surface area contributed by atoms with Gasteiger partial charge in [-0.05, 0) is 35.1 Å². The predicted molar refractivity (Wildman–Crippen MR) is 131 cm³/mol. The molecule has 0 amide bonds. The van der Waals surface area contributed by atoms with Gasteiger partial charge < -0.3 is 0 Å². The van der Waals surface area contributed by atoms with Crippen molar-refractivity contribution in [1.29, 1.82) is 0 Å². The van der Waals surface area contributed by atoms with E-state index < -0.39 is 0 Å². The quantitative estimate of drug-likeness (QED) is 0.416. The minimum absolute atomic E-state index is 0.218. The van der Waals surface area contributed by atoms with Crippen LogP contribution in [0, 0.1) is 11.8 Å². The molecule has 2 unspecified atom stereocenters. The average molecular weight is 426 g/mol. The average Bonchev–Trinajstić information content (AvgIpc) is 3.71. The molecule has 3 heterocycles. The minimum Gasteiger partial charge on any atom is -0.285 e. The summed E-state index contributed by atoms with van der Waals surface area (Å²) >= 11 is 0. The SMILES string of the molecule is CC(C)[C@H]1CN1[C@@H](c1ccccc1)c1cccc([C@H](c2ccccc2)N2C[C@@H]2C(C)C)n1. The molecule has 2 fully saturated rings. The van der Waals surface area contributed by atoms with Crippen molar-refractivity contribution in [3.63, 3.8) is 0 Å².